The number of halogens is 1. The van der Waals surface area contributed by atoms with Crippen molar-refractivity contribution in [3.05, 3.63) is 35.6 Å². The molecule has 0 heterocycles. The van der Waals surface area contributed by atoms with Gasteiger partial charge in [0.25, 0.3) is 0 Å². The van der Waals surface area contributed by atoms with Crippen molar-refractivity contribution in [3.8, 4) is 0 Å². The molecule has 0 radical (unpaired) electrons. The Morgan fingerprint density at radius 3 is 2.94 bits per heavy atom. The van der Waals surface area contributed by atoms with Crippen LogP contribution in [-0.2, 0) is 0 Å². The van der Waals surface area contributed by atoms with E-state index in [1.165, 1.54) is 31.7 Å². The third-order valence-electron chi connectivity index (χ3n) is 4.00. The van der Waals surface area contributed by atoms with Gasteiger partial charge in [-0.05, 0) is 43.4 Å². The molecule has 3 atom stereocenters. The van der Waals surface area contributed by atoms with E-state index in [1.807, 2.05) is 6.07 Å². The monoisotopic (exact) mass is 235 g/mol. The van der Waals surface area contributed by atoms with Gasteiger partial charge in [-0.2, -0.15) is 0 Å². The highest BCUT2D eigenvalue weighted by molar-refractivity contribution is 5.19. The third kappa shape index (κ3) is 3.06. The Hall–Kier alpha value is -0.890. The summed E-state index contributed by atoms with van der Waals surface area (Å²) in [6, 6.07) is 7.76. The van der Waals surface area contributed by atoms with Crippen LogP contribution in [0.5, 0.6) is 0 Å². The lowest BCUT2D eigenvalue weighted by molar-refractivity contribution is 0.360. The van der Waals surface area contributed by atoms with Crippen LogP contribution in [0.25, 0.3) is 0 Å². The molecule has 2 heteroatoms. The molecular weight excluding hydrogens is 213 g/mol. The molecule has 0 saturated heterocycles. The van der Waals surface area contributed by atoms with Crippen LogP contribution in [0.4, 0.5) is 4.39 Å². The molecule has 1 aliphatic rings. The van der Waals surface area contributed by atoms with Gasteiger partial charge in [-0.15, -0.1) is 0 Å². The zero-order chi connectivity index (χ0) is 12.3. The molecule has 2 rings (SSSR count). The predicted molar refractivity (Wildman–Crippen MR) is 69.4 cm³/mol. The molecule has 0 bridgehead atoms. The van der Waals surface area contributed by atoms with Crippen molar-refractivity contribution >= 4 is 0 Å². The maximum absolute atomic E-state index is 13.2. The van der Waals surface area contributed by atoms with Crippen molar-refractivity contribution in [3.63, 3.8) is 0 Å². The molecule has 2 unspecified atom stereocenters. The summed E-state index contributed by atoms with van der Waals surface area (Å²) in [5, 5.41) is 3.66. The summed E-state index contributed by atoms with van der Waals surface area (Å²) >= 11 is 0. The second kappa shape index (κ2) is 5.63. The quantitative estimate of drug-likeness (QED) is 0.830. The van der Waals surface area contributed by atoms with Gasteiger partial charge < -0.3 is 5.32 Å². The molecule has 1 aromatic carbocycles. The fourth-order valence-electron chi connectivity index (χ4n) is 2.94. The van der Waals surface area contributed by atoms with Crippen molar-refractivity contribution in [2.75, 3.05) is 0 Å². The second-order valence-electron chi connectivity index (χ2n) is 5.15. The van der Waals surface area contributed by atoms with E-state index in [0.717, 1.165) is 11.5 Å². The third-order valence-corrected chi connectivity index (χ3v) is 4.00. The Balaban J connectivity index is 1.99. The molecule has 0 aliphatic heterocycles. The molecule has 1 aromatic rings. The number of rotatable bonds is 4. The molecule has 0 amide bonds. The lowest BCUT2D eigenvalue weighted by Crippen LogP contribution is -2.34. The van der Waals surface area contributed by atoms with Gasteiger partial charge in [0.15, 0.2) is 0 Å². The van der Waals surface area contributed by atoms with E-state index in [2.05, 4.69) is 19.2 Å². The molecule has 1 saturated carbocycles. The Bertz CT molecular complexity index is 364. The van der Waals surface area contributed by atoms with Gasteiger partial charge in [0, 0.05) is 12.1 Å². The van der Waals surface area contributed by atoms with E-state index in [1.54, 1.807) is 12.1 Å². The Kier molecular flexibility index (Phi) is 4.16. The average molecular weight is 235 g/mol. The first kappa shape index (κ1) is 12.6. The highest BCUT2D eigenvalue weighted by atomic mass is 19.1. The first-order chi connectivity index (χ1) is 8.20. The van der Waals surface area contributed by atoms with Crippen LogP contribution < -0.4 is 5.32 Å². The number of hydrogen-bond acceptors (Lipinski definition) is 1. The highest BCUT2D eigenvalue weighted by Crippen LogP contribution is 2.30. The van der Waals surface area contributed by atoms with E-state index in [0.29, 0.717) is 6.04 Å². The largest absolute Gasteiger partial charge is 0.307 e. The van der Waals surface area contributed by atoms with Crippen LogP contribution in [0.15, 0.2) is 24.3 Å². The molecule has 1 nitrogen and oxygen atoms in total. The zero-order valence-electron chi connectivity index (χ0n) is 10.7. The fourth-order valence-corrected chi connectivity index (χ4v) is 2.94. The van der Waals surface area contributed by atoms with Crippen molar-refractivity contribution in [2.45, 2.75) is 51.6 Å². The molecule has 17 heavy (non-hydrogen) atoms. The van der Waals surface area contributed by atoms with Crippen LogP contribution in [0, 0.1) is 11.7 Å². The Morgan fingerprint density at radius 2 is 2.24 bits per heavy atom. The van der Waals surface area contributed by atoms with Gasteiger partial charge >= 0.3 is 0 Å². The summed E-state index contributed by atoms with van der Waals surface area (Å²) in [6.45, 7) is 4.39. The minimum absolute atomic E-state index is 0.144. The van der Waals surface area contributed by atoms with Crippen LogP contribution >= 0.6 is 0 Å². The van der Waals surface area contributed by atoms with Crippen LogP contribution in [0.2, 0.25) is 0 Å². The smallest absolute Gasteiger partial charge is 0.123 e. The minimum atomic E-state index is -0.144. The molecule has 1 aliphatic carbocycles. The fraction of sp³-hybridized carbons (Fsp3) is 0.600. The van der Waals surface area contributed by atoms with Crippen molar-refractivity contribution < 1.29 is 4.39 Å². The number of hydrogen-bond donors (Lipinski definition) is 1. The molecule has 1 N–H and O–H groups in total. The summed E-state index contributed by atoms with van der Waals surface area (Å²) in [5.74, 6) is 0.653. The van der Waals surface area contributed by atoms with Crippen LogP contribution in [-0.4, -0.2) is 6.04 Å². The van der Waals surface area contributed by atoms with Gasteiger partial charge in [0.1, 0.15) is 5.82 Å². The normalized spacial score (nSPS) is 26.1. The summed E-state index contributed by atoms with van der Waals surface area (Å²) < 4.78 is 13.2. The van der Waals surface area contributed by atoms with E-state index in [-0.39, 0.29) is 11.9 Å². The van der Waals surface area contributed by atoms with E-state index < -0.39 is 0 Å². The standard InChI is InChI=1S/C15H22FN/c1-3-12-6-5-9-15(12)17-11(2)13-7-4-8-14(16)10-13/h4,7-8,10-12,15,17H,3,5-6,9H2,1-2H3/t11-,12?,15?/m0/s1. The lowest BCUT2D eigenvalue weighted by Gasteiger charge is -2.24. The zero-order valence-corrected chi connectivity index (χ0v) is 10.7. The average Bonchev–Trinajstić information content (AvgIpc) is 2.76. The van der Waals surface area contributed by atoms with E-state index in [4.69, 9.17) is 0 Å². The molecule has 0 aromatic heterocycles. The molecule has 0 spiro atoms. The summed E-state index contributed by atoms with van der Waals surface area (Å²) in [6.07, 6.45) is 5.17. The maximum atomic E-state index is 13.2. The van der Waals surface area contributed by atoms with Gasteiger partial charge in [-0.1, -0.05) is 31.9 Å². The Labute approximate surface area is 103 Å². The molecular formula is C15H22FN. The Morgan fingerprint density at radius 1 is 1.41 bits per heavy atom. The van der Waals surface area contributed by atoms with Crippen LogP contribution in [0.3, 0.4) is 0 Å². The maximum Gasteiger partial charge on any atom is 0.123 e. The van der Waals surface area contributed by atoms with Crippen molar-refractivity contribution in [2.24, 2.45) is 5.92 Å². The van der Waals surface area contributed by atoms with Crippen molar-refractivity contribution in [1.82, 2.24) is 5.32 Å². The van der Waals surface area contributed by atoms with Crippen LogP contribution in [0.1, 0.15) is 51.1 Å². The predicted octanol–water partition coefficient (Wildman–Crippen LogP) is 4.06. The number of nitrogens with one attached hydrogen (secondary N) is 1. The minimum Gasteiger partial charge on any atom is -0.307 e. The van der Waals surface area contributed by atoms with Gasteiger partial charge in [-0.25, -0.2) is 4.39 Å². The topological polar surface area (TPSA) is 12.0 Å². The van der Waals surface area contributed by atoms with E-state index in [9.17, 15) is 4.39 Å². The summed E-state index contributed by atoms with van der Waals surface area (Å²) in [4.78, 5) is 0. The van der Waals surface area contributed by atoms with E-state index >= 15 is 0 Å². The summed E-state index contributed by atoms with van der Waals surface area (Å²) in [7, 11) is 0. The highest BCUT2D eigenvalue weighted by Gasteiger charge is 2.26. The van der Waals surface area contributed by atoms with Gasteiger partial charge in [0.05, 0.1) is 0 Å². The summed E-state index contributed by atoms with van der Waals surface area (Å²) in [5.41, 5.74) is 1.05. The molecule has 1 fully saturated rings. The van der Waals surface area contributed by atoms with Crippen molar-refractivity contribution in [1.29, 1.82) is 0 Å². The lowest BCUT2D eigenvalue weighted by atomic mass is 9.98. The number of benzene rings is 1. The first-order valence-electron chi connectivity index (χ1n) is 6.72. The second-order valence-corrected chi connectivity index (χ2v) is 5.15. The SMILES string of the molecule is CCC1CCCC1N[C@@H](C)c1cccc(F)c1. The van der Waals surface area contributed by atoms with Gasteiger partial charge in [0.2, 0.25) is 0 Å². The first-order valence-corrected chi connectivity index (χ1v) is 6.72. The molecule has 94 valence electrons. The van der Waals surface area contributed by atoms with Gasteiger partial charge in [-0.3, -0.25) is 0 Å².